The number of carbonyl (C=O) groups is 1. The second kappa shape index (κ2) is 12.2. The molecule has 0 atom stereocenters. The molecule has 2 heterocycles. The minimum atomic E-state index is -1.08. The molecule has 0 unspecified atom stereocenters. The summed E-state index contributed by atoms with van der Waals surface area (Å²) in [6.07, 6.45) is 4.96. The van der Waals surface area contributed by atoms with Crippen molar-refractivity contribution in [3.63, 3.8) is 0 Å². The Bertz CT molecular complexity index is 1220. The average Bonchev–Trinajstić information content (AvgIpc) is 2.88. The summed E-state index contributed by atoms with van der Waals surface area (Å²) in [7, 11) is 1.47. The van der Waals surface area contributed by atoms with Crippen molar-refractivity contribution < 1.29 is 19.4 Å². The Morgan fingerprint density at radius 3 is 2.61 bits per heavy atom. The predicted octanol–water partition coefficient (Wildman–Crippen LogP) is 4.29. The molecule has 188 valence electrons. The van der Waals surface area contributed by atoms with Crippen LogP contribution in [-0.4, -0.2) is 59.0 Å². The molecule has 1 aliphatic rings. The number of carboxylic acids is 1. The van der Waals surface area contributed by atoms with Gasteiger partial charge in [-0.3, -0.25) is 0 Å². The van der Waals surface area contributed by atoms with Gasteiger partial charge in [-0.05, 0) is 65.0 Å². The van der Waals surface area contributed by atoms with Gasteiger partial charge >= 0.3 is 5.97 Å². The summed E-state index contributed by atoms with van der Waals surface area (Å²) in [5, 5.41) is 16.4. The van der Waals surface area contributed by atoms with E-state index in [2.05, 4.69) is 51.6 Å². The molecule has 11 nitrogen and oxygen atoms in total. The number of anilines is 4. The summed E-state index contributed by atoms with van der Waals surface area (Å²) in [5.41, 5.74) is 4.43. The minimum Gasteiger partial charge on any atom is -0.493 e. The number of aromatic nitrogens is 3. The van der Waals surface area contributed by atoms with Crippen molar-refractivity contribution in [1.29, 1.82) is 0 Å². The van der Waals surface area contributed by atoms with Crippen LogP contribution in [0.15, 0.2) is 52.0 Å². The quantitative estimate of drug-likeness (QED) is 0.245. The molecule has 1 saturated heterocycles. The number of aliphatic carboxylic acids is 1. The number of benzene rings is 2. The molecule has 0 radical (unpaired) electrons. The highest BCUT2D eigenvalue weighted by molar-refractivity contribution is 9.10. The first kappa shape index (κ1) is 25.2. The molecular formula is C24H26BrN7O4. The number of nitrogens with zero attached hydrogens (tertiary/aromatic N) is 5. The summed E-state index contributed by atoms with van der Waals surface area (Å²) < 4.78 is 11.2. The third-order valence-electron chi connectivity index (χ3n) is 5.26. The molecule has 0 spiro atoms. The molecule has 1 aromatic heterocycles. The number of piperidine rings is 1. The SMILES string of the molecule is COc1cc(C=NNc2nc(Nc3ccccc3)nc(N3CCCCC3)n2)cc(Br)c1OCC(=O)O. The second-order valence-electron chi connectivity index (χ2n) is 7.91. The number of ether oxygens (including phenoxy) is 2. The van der Waals surface area contributed by atoms with Gasteiger partial charge in [0.05, 0.1) is 17.8 Å². The molecule has 36 heavy (non-hydrogen) atoms. The van der Waals surface area contributed by atoms with Gasteiger partial charge in [-0.2, -0.15) is 20.1 Å². The van der Waals surface area contributed by atoms with Crippen molar-refractivity contribution in [1.82, 2.24) is 15.0 Å². The van der Waals surface area contributed by atoms with E-state index in [9.17, 15) is 4.79 Å². The summed E-state index contributed by atoms with van der Waals surface area (Å²) in [5.74, 6) is 0.886. The maximum atomic E-state index is 10.8. The van der Waals surface area contributed by atoms with E-state index in [4.69, 9.17) is 14.6 Å². The van der Waals surface area contributed by atoms with Gasteiger partial charge in [-0.15, -0.1) is 0 Å². The molecule has 0 amide bonds. The molecule has 4 rings (SSSR count). The van der Waals surface area contributed by atoms with Crippen molar-refractivity contribution in [3.05, 3.63) is 52.5 Å². The number of rotatable bonds is 10. The summed E-state index contributed by atoms with van der Waals surface area (Å²) in [6.45, 7) is 1.30. The van der Waals surface area contributed by atoms with Crippen LogP contribution in [0.25, 0.3) is 0 Å². The lowest BCUT2D eigenvalue weighted by Crippen LogP contribution is -2.31. The molecular weight excluding hydrogens is 530 g/mol. The molecule has 0 aliphatic carbocycles. The van der Waals surface area contributed by atoms with Gasteiger partial charge in [0.15, 0.2) is 18.1 Å². The van der Waals surface area contributed by atoms with E-state index in [1.54, 1.807) is 18.3 Å². The van der Waals surface area contributed by atoms with Gasteiger partial charge in [0.1, 0.15) is 0 Å². The van der Waals surface area contributed by atoms with E-state index in [-0.39, 0.29) is 0 Å². The summed E-state index contributed by atoms with van der Waals surface area (Å²) >= 11 is 3.39. The van der Waals surface area contributed by atoms with Crippen LogP contribution in [0.1, 0.15) is 24.8 Å². The van der Waals surface area contributed by atoms with Crippen LogP contribution in [0.2, 0.25) is 0 Å². The van der Waals surface area contributed by atoms with Gasteiger partial charge in [0.2, 0.25) is 17.8 Å². The van der Waals surface area contributed by atoms with E-state index in [0.717, 1.165) is 31.6 Å². The minimum absolute atomic E-state index is 0.297. The Hall–Kier alpha value is -3.93. The average molecular weight is 556 g/mol. The first-order chi connectivity index (χ1) is 17.5. The lowest BCUT2D eigenvalue weighted by molar-refractivity contribution is -0.139. The number of carboxylic acid groups (broad SMARTS) is 1. The number of hydrazone groups is 1. The van der Waals surface area contributed by atoms with Crippen molar-refractivity contribution in [2.75, 3.05) is 42.4 Å². The highest BCUT2D eigenvalue weighted by Gasteiger charge is 2.17. The Morgan fingerprint density at radius 2 is 1.89 bits per heavy atom. The maximum Gasteiger partial charge on any atom is 0.341 e. The van der Waals surface area contributed by atoms with Crippen LogP contribution in [-0.2, 0) is 4.79 Å². The van der Waals surface area contributed by atoms with Gasteiger partial charge in [-0.25, -0.2) is 10.2 Å². The van der Waals surface area contributed by atoms with Gasteiger partial charge in [-0.1, -0.05) is 18.2 Å². The van der Waals surface area contributed by atoms with E-state index in [0.29, 0.717) is 39.4 Å². The Kier molecular flexibility index (Phi) is 8.50. The van der Waals surface area contributed by atoms with Crippen LogP contribution in [0.4, 0.5) is 23.5 Å². The van der Waals surface area contributed by atoms with Crippen LogP contribution in [0.3, 0.4) is 0 Å². The van der Waals surface area contributed by atoms with Gasteiger partial charge in [0, 0.05) is 18.8 Å². The van der Waals surface area contributed by atoms with Crippen LogP contribution >= 0.6 is 15.9 Å². The largest absolute Gasteiger partial charge is 0.493 e. The number of hydrogen-bond acceptors (Lipinski definition) is 10. The molecule has 1 fully saturated rings. The Balaban J connectivity index is 1.54. The van der Waals surface area contributed by atoms with Crippen LogP contribution in [0.5, 0.6) is 11.5 Å². The third-order valence-corrected chi connectivity index (χ3v) is 5.85. The fourth-order valence-corrected chi connectivity index (χ4v) is 4.18. The lowest BCUT2D eigenvalue weighted by Gasteiger charge is -2.26. The number of halogens is 1. The zero-order valence-electron chi connectivity index (χ0n) is 19.6. The van der Waals surface area contributed by atoms with E-state index in [1.165, 1.54) is 13.5 Å². The van der Waals surface area contributed by atoms with Gasteiger partial charge < -0.3 is 24.8 Å². The monoisotopic (exact) mass is 555 g/mol. The van der Waals surface area contributed by atoms with E-state index >= 15 is 0 Å². The predicted molar refractivity (Wildman–Crippen MR) is 141 cm³/mol. The maximum absolute atomic E-state index is 10.8. The van der Waals surface area contributed by atoms with Crippen molar-refractivity contribution >= 4 is 51.6 Å². The van der Waals surface area contributed by atoms with E-state index < -0.39 is 12.6 Å². The molecule has 3 aromatic rings. The molecule has 12 heteroatoms. The van der Waals surface area contributed by atoms with Crippen LogP contribution < -0.4 is 25.1 Å². The first-order valence-corrected chi connectivity index (χ1v) is 12.2. The first-order valence-electron chi connectivity index (χ1n) is 11.4. The second-order valence-corrected chi connectivity index (χ2v) is 8.76. The molecule has 0 bridgehead atoms. The number of methoxy groups -OCH3 is 1. The van der Waals surface area contributed by atoms with Crippen molar-refractivity contribution in [2.45, 2.75) is 19.3 Å². The summed E-state index contributed by atoms with van der Waals surface area (Å²) in [4.78, 5) is 26.6. The number of hydrogen-bond donors (Lipinski definition) is 3. The highest BCUT2D eigenvalue weighted by Crippen LogP contribution is 2.36. The molecule has 0 saturated carbocycles. The lowest BCUT2D eigenvalue weighted by atomic mass is 10.1. The zero-order valence-corrected chi connectivity index (χ0v) is 21.2. The topological polar surface area (TPSA) is 134 Å². The standard InChI is InChI=1S/C24H26BrN7O4/c1-35-19-13-16(12-18(25)21(19)36-15-20(33)34)14-26-31-23-28-22(27-17-8-4-2-5-9-17)29-24(30-23)32-10-6-3-7-11-32/h2,4-5,8-9,12-14H,3,6-7,10-11,15H2,1H3,(H,33,34)(H2,27,28,29,30,31). The van der Waals surface area contributed by atoms with E-state index in [1.807, 2.05) is 30.3 Å². The smallest absolute Gasteiger partial charge is 0.341 e. The fourth-order valence-electron chi connectivity index (χ4n) is 3.61. The third kappa shape index (κ3) is 6.81. The number of nitrogens with one attached hydrogen (secondary N) is 2. The fraction of sp³-hybridized carbons (Fsp3) is 0.292. The highest BCUT2D eigenvalue weighted by atomic mass is 79.9. The Morgan fingerprint density at radius 1 is 1.14 bits per heavy atom. The molecule has 3 N–H and O–H groups in total. The molecule has 2 aromatic carbocycles. The summed E-state index contributed by atoms with van der Waals surface area (Å²) in [6, 6.07) is 13.1. The Labute approximate surface area is 216 Å². The van der Waals surface area contributed by atoms with Crippen LogP contribution in [0, 0.1) is 0 Å². The normalized spacial score (nSPS) is 13.4. The number of para-hydroxylation sites is 1. The van der Waals surface area contributed by atoms with Gasteiger partial charge in [0.25, 0.3) is 0 Å². The van der Waals surface area contributed by atoms with Crippen molar-refractivity contribution in [2.24, 2.45) is 5.10 Å². The zero-order chi connectivity index (χ0) is 25.3. The van der Waals surface area contributed by atoms with Crippen molar-refractivity contribution in [3.8, 4) is 11.5 Å². The molecule has 1 aliphatic heterocycles.